The fraction of sp³-hybridized carbons (Fsp3) is 0.280. The minimum atomic E-state index is -0.526. The first kappa shape index (κ1) is 19.0. The van der Waals surface area contributed by atoms with Gasteiger partial charge in [0.2, 0.25) is 0 Å². The molecule has 0 bridgehead atoms. The van der Waals surface area contributed by atoms with Gasteiger partial charge >= 0.3 is 0 Å². The molecule has 0 spiro atoms. The molecule has 2 heterocycles. The van der Waals surface area contributed by atoms with Crippen molar-refractivity contribution in [3.05, 3.63) is 83.4 Å². The molecule has 3 aromatic rings. The second-order valence-electron chi connectivity index (χ2n) is 7.99. The number of β-amino-alcohol motifs (C(OH)–C–C–N with tert-alkyl or cyclic N) is 1. The van der Waals surface area contributed by atoms with Crippen molar-refractivity contribution >= 4 is 5.69 Å². The Hall–Kier alpha value is -3.02. The second-order valence-corrected chi connectivity index (χ2v) is 7.99. The molecule has 30 heavy (non-hydrogen) atoms. The van der Waals surface area contributed by atoms with E-state index in [4.69, 9.17) is 4.74 Å². The van der Waals surface area contributed by atoms with Crippen molar-refractivity contribution in [2.24, 2.45) is 10.2 Å². The summed E-state index contributed by atoms with van der Waals surface area (Å²) in [5.74, 6) is 0.769. The minimum absolute atomic E-state index is 0.281. The highest BCUT2D eigenvalue weighted by Gasteiger charge is 2.19. The number of rotatable bonds is 6. The van der Waals surface area contributed by atoms with E-state index in [0.717, 1.165) is 47.6 Å². The van der Waals surface area contributed by atoms with Crippen molar-refractivity contribution < 1.29 is 9.84 Å². The molecule has 152 valence electrons. The van der Waals surface area contributed by atoms with Gasteiger partial charge in [0.25, 0.3) is 0 Å². The quantitative estimate of drug-likeness (QED) is 0.651. The van der Waals surface area contributed by atoms with Crippen molar-refractivity contribution in [3.63, 3.8) is 0 Å². The fourth-order valence-corrected chi connectivity index (χ4v) is 4.20. The van der Waals surface area contributed by atoms with E-state index in [-0.39, 0.29) is 6.61 Å². The third kappa shape index (κ3) is 4.13. The van der Waals surface area contributed by atoms with E-state index in [1.54, 1.807) is 0 Å². The number of aliphatic hydroxyl groups excluding tert-OH is 1. The number of benzene rings is 3. The van der Waals surface area contributed by atoms with E-state index in [2.05, 4.69) is 57.6 Å². The van der Waals surface area contributed by atoms with E-state index in [9.17, 15) is 5.11 Å². The topological polar surface area (TPSA) is 57.4 Å². The van der Waals surface area contributed by atoms with E-state index in [1.165, 1.54) is 11.1 Å². The molecule has 0 amide bonds. The average molecular weight is 399 g/mol. The van der Waals surface area contributed by atoms with Crippen LogP contribution in [0.4, 0.5) is 5.69 Å². The first-order valence-electron chi connectivity index (χ1n) is 10.5. The van der Waals surface area contributed by atoms with Crippen LogP contribution in [0.15, 0.2) is 77.0 Å². The molecule has 1 atom stereocenters. The lowest BCUT2D eigenvalue weighted by Gasteiger charge is -2.30. The number of aliphatic hydroxyl groups is 1. The van der Waals surface area contributed by atoms with Gasteiger partial charge in [0.1, 0.15) is 18.5 Å². The first-order chi connectivity index (χ1) is 14.7. The highest BCUT2D eigenvalue weighted by molar-refractivity contribution is 5.69. The maximum Gasteiger partial charge on any atom is 0.120 e. The molecule has 5 nitrogen and oxygen atoms in total. The van der Waals surface area contributed by atoms with Crippen LogP contribution in [0.3, 0.4) is 0 Å². The van der Waals surface area contributed by atoms with E-state index >= 15 is 0 Å². The summed E-state index contributed by atoms with van der Waals surface area (Å²) in [6, 6.07) is 22.8. The van der Waals surface area contributed by atoms with Crippen LogP contribution in [0, 0.1) is 0 Å². The molecular weight excluding hydrogens is 374 g/mol. The molecular formula is C25H25N3O2. The number of ether oxygens (including phenoxy) is 1. The molecule has 0 saturated carbocycles. The standard InChI is InChI=1S/C25H25N3O2/c29-23(16-28-11-10-18-4-1-2-5-21(18)15-28)17-30-24-7-3-6-19(13-24)20-8-9-25-22(12-20)14-26-27-25/h1-9,12-13,23,29H,10-11,14-17H2. The Kier molecular flexibility index (Phi) is 5.30. The zero-order valence-corrected chi connectivity index (χ0v) is 16.9. The third-order valence-corrected chi connectivity index (χ3v) is 5.79. The molecule has 0 fully saturated rings. The van der Waals surface area contributed by atoms with Gasteiger partial charge in [0, 0.05) is 25.2 Å². The monoisotopic (exact) mass is 399 g/mol. The number of fused-ring (bicyclic) bond motifs is 2. The highest BCUT2D eigenvalue weighted by Crippen LogP contribution is 2.32. The predicted molar refractivity (Wildman–Crippen MR) is 117 cm³/mol. The van der Waals surface area contributed by atoms with Crippen LogP contribution in [-0.4, -0.2) is 35.8 Å². The van der Waals surface area contributed by atoms with Gasteiger partial charge < -0.3 is 9.84 Å². The van der Waals surface area contributed by atoms with Gasteiger partial charge in [-0.3, -0.25) is 4.90 Å². The zero-order chi connectivity index (χ0) is 20.3. The summed E-state index contributed by atoms with van der Waals surface area (Å²) in [4.78, 5) is 2.30. The summed E-state index contributed by atoms with van der Waals surface area (Å²) < 4.78 is 5.92. The van der Waals surface area contributed by atoms with E-state index < -0.39 is 6.10 Å². The lowest BCUT2D eigenvalue weighted by molar-refractivity contribution is 0.0638. The smallest absolute Gasteiger partial charge is 0.120 e. The largest absolute Gasteiger partial charge is 0.491 e. The molecule has 5 heteroatoms. The lowest BCUT2D eigenvalue weighted by Crippen LogP contribution is -2.38. The van der Waals surface area contributed by atoms with Crippen LogP contribution in [0.2, 0.25) is 0 Å². The Bertz CT molecular complexity index is 1080. The Morgan fingerprint density at radius 2 is 1.80 bits per heavy atom. The predicted octanol–water partition coefficient (Wildman–Crippen LogP) is 4.75. The molecule has 1 N–H and O–H groups in total. The normalized spacial score (nSPS) is 16.2. The minimum Gasteiger partial charge on any atom is -0.491 e. The van der Waals surface area contributed by atoms with Gasteiger partial charge in [-0.05, 0) is 52.9 Å². The molecule has 5 rings (SSSR count). The maximum atomic E-state index is 10.5. The van der Waals surface area contributed by atoms with Gasteiger partial charge in [-0.15, -0.1) is 0 Å². The van der Waals surface area contributed by atoms with Crippen LogP contribution >= 0.6 is 0 Å². The van der Waals surface area contributed by atoms with Gasteiger partial charge in [-0.1, -0.05) is 42.5 Å². The lowest BCUT2D eigenvalue weighted by atomic mass is 10.00. The summed E-state index contributed by atoms with van der Waals surface area (Å²) in [6.45, 7) is 3.40. The Morgan fingerprint density at radius 3 is 2.73 bits per heavy atom. The van der Waals surface area contributed by atoms with Gasteiger partial charge in [-0.25, -0.2) is 0 Å². The number of azo groups is 1. The molecule has 1 unspecified atom stereocenters. The molecule has 0 saturated heterocycles. The van der Waals surface area contributed by atoms with Crippen molar-refractivity contribution in [2.75, 3.05) is 19.7 Å². The molecule has 2 aliphatic rings. The van der Waals surface area contributed by atoms with Gasteiger partial charge in [0.05, 0.1) is 12.2 Å². The molecule has 2 aliphatic heterocycles. The molecule has 0 radical (unpaired) electrons. The Labute approximate surface area is 176 Å². The van der Waals surface area contributed by atoms with Crippen LogP contribution in [-0.2, 0) is 19.5 Å². The van der Waals surface area contributed by atoms with Crippen LogP contribution in [0.25, 0.3) is 11.1 Å². The molecule has 0 aliphatic carbocycles. The highest BCUT2D eigenvalue weighted by atomic mass is 16.5. The van der Waals surface area contributed by atoms with Gasteiger partial charge in [-0.2, -0.15) is 10.2 Å². The summed E-state index contributed by atoms with van der Waals surface area (Å²) >= 11 is 0. The number of nitrogens with zero attached hydrogens (tertiary/aromatic N) is 3. The van der Waals surface area contributed by atoms with Crippen molar-refractivity contribution in [1.29, 1.82) is 0 Å². The summed E-state index contributed by atoms with van der Waals surface area (Å²) in [5, 5.41) is 18.7. The Morgan fingerprint density at radius 1 is 0.933 bits per heavy atom. The zero-order valence-electron chi connectivity index (χ0n) is 16.9. The van der Waals surface area contributed by atoms with E-state index in [1.807, 2.05) is 24.3 Å². The molecule has 0 aromatic heterocycles. The summed E-state index contributed by atoms with van der Waals surface area (Å²) in [5.41, 5.74) is 7.10. The SMILES string of the molecule is OC(COc1cccc(-c2ccc3c(c2)CN=N3)c1)CN1CCc2ccccc2C1. The Balaban J connectivity index is 1.18. The molecule has 3 aromatic carbocycles. The number of hydrogen-bond acceptors (Lipinski definition) is 5. The van der Waals surface area contributed by atoms with Crippen molar-refractivity contribution in [2.45, 2.75) is 25.6 Å². The maximum absolute atomic E-state index is 10.5. The van der Waals surface area contributed by atoms with Crippen molar-refractivity contribution in [1.82, 2.24) is 4.90 Å². The first-order valence-corrected chi connectivity index (χ1v) is 10.5. The average Bonchev–Trinajstić information content (AvgIpc) is 3.26. The van der Waals surface area contributed by atoms with Crippen LogP contribution in [0.1, 0.15) is 16.7 Å². The fourth-order valence-electron chi connectivity index (χ4n) is 4.20. The van der Waals surface area contributed by atoms with E-state index in [0.29, 0.717) is 13.1 Å². The third-order valence-electron chi connectivity index (χ3n) is 5.79. The number of hydrogen-bond donors (Lipinski definition) is 1. The van der Waals surface area contributed by atoms with Crippen LogP contribution < -0.4 is 4.74 Å². The van der Waals surface area contributed by atoms with Crippen molar-refractivity contribution in [3.8, 4) is 16.9 Å². The summed E-state index contributed by atoms with van der Waals surface area (Å²) in [7, 11) is 0. The van der Waals surface area contributed by atoms with Crippen LogP contribution in [0.5, 0.6) is 5.75 Å². The second kappa shape index (κ2) is 8.38. The van der Waals surface area contributed by atoms with Gasteiger partial charge in [0.15, 0.2) is 0 Å². The summed E-state index contributed by atoms with van der Waals surface area (Å²) in [6.07, 6.45) is 0.509.